The number of carbonyl (C=O) groups is 2. The van der Waals surface area contributed by atoms with Gasteiger partial charge in [0.05, 0.1) is 4.88 Å². The van der Waals surface area contributed by atoms with E-state index in [1.807, 2.05) is 36.6 Å². The molecule has 0 aliphatic heterocycles. The van der Waals surface area contributed by atoms with E-state index in [9.17, 15) is 9.59 Å². The van der Waals surface area contributed by atoms with E-state index < -0.39 is 18.0 Å². The molecular weight excluding hydrogens is 354 g/mol. The van der Waals surface area contributed by atoms with E-state index in [0.29, 0.717) is 11.5 Å². The van der Waals surface area contributed by atoms with Crippen LogP contribution in [-0.4, -0.2) is 38.2 Å². The van der Waals surface area contributed by atoms with Gasteiger partial charge in [-0.3, -0.25) is 4.79 Å². The van der Waals surface area contributed by atoms with Crippen LogP contribution < -0.4 is 5.32 Å². The number of aryl methyl sites for hydroxylation is 1. The summed E-state index contributed by atoms with van der Waals surface area (Å²) < 4.78 is 5.14. The van der Waals surface area contributed by atoms with Crippen molar-refractivity contribution in [2.24, 2.45) is 0 Å². The molecule has 1 N–H and O–H groups in total. The molecule has 0 bridgehead atoms. The Balaban J connectivity index is 1.52. The minimum Gasteiger partial charge on any atom is -0.451 e. The highest BCUT2D eigenvalue weighted by Crippen LogP contribution is 2.19. The standard InChI is InChI=1S/C17H17N5O3S/c1-11-5-7-13(8-6-11)18-17(24)12(2)25-15(23)10-22-20-16(19-21-22)14-4-3-9-26-14/h3-9,12H,10H2,1-2H3,(H,18,24)/t12-/m0/s1. The Morgan fingerprint density at radius 3 is 2.73 bits per heavy atom. The van der Waals surface area contributed by atoms with Crippen LogP contribution in [0.5, 0.6) is 0 Å². The van der Waals surface area contributed by atoms with E-state index in [1.54, 1.807) is 12.1 Å². The SMILES string of the molecule is Cc1ccc(NC(=O)[C@H](C)OC(=O)Cn2nnc(-c3cccs3)n2)cc1. The smallest absolute Gasteiger partial charge is 0.330 e. The van der Waals surface area contributed by atoms with Crippen LogP contribution in [0.2, 0.25) is 0 Å². The molecule has 0 saturated heterocycles. The molecule has 1 atom stereocenters. The summed E-state index contributed by atoms with van der Waals surface area (Å²) in [5, 5.41) is 16.4. The molecule has 0 spiro atoms. The van der Waals surface area contributed by atoms with Gasteiger partial charge in [0.25, 0.3) is 5.91 Å². The first kappa shape index (κ1) is 17.7. The van der Waals surface area contributed by atoms with Gasteiger partial charge in [-0.1, -0.05) is 23.8 Å². The largest absolute Gasteiger partial charge is 0.451 e. The minimum atomic E-state index is -0.941. The molecule has 3 rings (SSSR count). The average molecular weight is 371 g/mol. The number of benzene rings is 1. The number of amides is 1. The number of rotatable bonds is 6. The molecule has 26 heavy (non-hydrogen) atoms. The summed E-state index contributed by atoms with van der Waals surface area (Å²) in [6.45, 7) is 3.24. The molecule has 3 aromatic rings. The van der Waals surface area contributed by atoms with Crippen molar-refractivity contribution in [3.63, 3.8) is 0 Å². The van der Waals surface area contributed by atoms with Crippen LogP contribution >= 0.6 is 11.3 Å². The van der Waals surface area contributed by atoms with Crippen LogP contribution in [0.3, 0.4) is 0 Å². The Bertz CT molecular complexity index is 890. The van der Waals surface area contributed by atoms with Crippen molar-refractivity contribution < 1.29 is 14.3 Å². The van der Waals surface area contributed by atoms with Crippen LogP contribution in [0.4, 0.5) is 5.69 Å². The Kier molecular flexibility index (Phi) is 5.37. The van der Waals surface area contributed by atoms with Crippen molar-refractivity contribution in [3.05, 3.63) is 47.3 Å². The van der Waals surface area contributed by atoms with Crippen LogP contribution in [-0.2, 0) is 20.9 Å². The summed E-state index contributed by atoms with van der Waals surface area (Å²) in [6, 6.07) is 11.1. The van der Waals surface area contributed by atoms with Gasteiger partial charge in [0.2, 0.25) is 5.82 Å². The van der Waals surface area contributed by atoms with Crippen molar-refractivity contribution in [2.45, 2.75) is 26.5 Å². The Morgan fingerprint density at radius 1 is 1.27 bits per heavy atom. The molecule has 1 amide bonds. The van der Waals surface area contributed by atoms with Gasteiger partial charge in [0.1, 0.15) is 0 Å². The second-order valence-electron chi connectivity index (χ2n) is 5.61. The zero-order valence-electron chi connectivity index (χ0n) is 14.2. The highest BCUT2D eigenvalue weighted by Gasteiger charge is 2.19. The molecule has 0 fully saturated rings. The Hall–Kier alpha value is -3.07. The fourth-order valence-electron chi connectivity index (χ4n) is 2.10. The van der Waals surface area contributed by atoms with E-state index in [-0.39, 0.29) is 6.54 Å². The lowest BCUT2D eigenvalue weighted by atomic mass is 10.2. The van der Waals surface area contributed by atoms with Gasteiger partial charge in [0, 0.05) is 5.69 Å². The summed E-state index contributed by atoms with van der Waals surface area (Å²) in [6.07, 6.45) is -0.941. The van der Waals surface area contributed by atoms with Gasteiger partial charge >= 0.3 is 5.97 Å². The number of esters is 1. The van der Waals surface area contributed by atoms with Crippen LogP contribution in [0.1, 0.15) is 12.5 Å². The van der Waals surface area contributed by atoms with Crippen molar-refractivity contribution in [1.29, 1.82) is 0 Å². The molecule has 9 heteroatoms. The summed E-state index contributed by atoms with van der Waals surface area (Å²) >= 11 is 1.48. The first-order valence-corrected chi connectivity index (χ1v) is 8.78. The van der Waals surface area contributed by atoms with Gasteiger partial charge in [-0.15, -0.1) is 21.5 Å². The third-order valence-corrected chi connectivity index (χ3v) is 4.33. The number of tetrazole rings is 1. The second kappa shape index (κ2) is 7.87. The number of thiophene rings is 1. The van der Waals surface area contributed by atoms with Crippen LogP contribution in [0, 0.1) is 6.92 Å². The van der Waals surface area contributed by atoms with Crippen LogP contribution in [0.15, 0.2) is 41.8 Å². The first-order valence-electron chi connectivity index (χ1n) is 7.90. The maximum absolute atomic E-state index is 12.1. The van der Waals surface area contributed by atoms with Crippen molar-refractivity contribution in [3.8, 4) is 10.7 Å². The second-order valence-corrected chi connectivity index (χ2v) is 6.56. The molecule has 0 aliphatic rings. The van der Waals surface area contributed by atoms with E-state index >= 15 is 0 Å². The number of ether oxygens (including phenoxy) is 1. The predicted octanol–water partition coefficient (Wildman–Crippen LogP) is 2.28. The average Bonchev–Trinajstić information content (AvgIpc) is 3.28. The molecule has 2 heterocycles. The predicted molar refractivity (Wildman–Crippen MR) is 96.5 cm³/mol. The quantitative estimate of drug-likeness (QED) is 0.668. The molecule has 134 valence electrons. The topological polar surface area (TPSA) is 99.0 Å². The highest BCUT2D eigenvalue weighted by atomic mass is 32.1. The molecule has 8 nitrogen and oxygen atoms in total. The molecule has 0 unspecified atom stereocenters. The van der Waals surface area contributed by atoms with E-state index in [0.717, 1.165) is 15.2 Å². The number of nitrogens with zero attached hydrogens (tertiary/aromatic N) is 4. The minimum absolute atomic E-state index is 0.222. The maximum atomic E-state index is 12.1. The summed E-state index contributed by atoms with van der Waals surface area (Å²) in [7, 11) is 0. The van der Waals surface area contributed by atoms with Crippen molar-refractivity contribution in [1.82, 2.24) is 20.2 Å². The molecule has 0 radical (unpaired) electrons. The Morgan fingerprint density at radius 2 is 2.04 bits per heavy atom. The number of hydrogen-bond acceptors (Lipinski definition) is 7. The zero-order chi connectivity index (χ0) is 18.5. The zero-order valence-corrected chi connectivity index (χ0v) is 15.1. The van der Waals surface area contributed by atoms with E-state index in [2.05, 4.69) is 20.7 Å². The molecule has 0 saturated carbocycles. The lowest BCUT2D eigenvalue weighted by Crippen LogP contribution is -2.31. The third kappa shape index (κ3) is 4.51. The number of nitrogens with one attached hydrogen (secondary N) is 1. The first-order chi connectivity index (χ1) is 12.5. The number of anilines is 1. The van der Waals surface area contributed by atoms with Gasteiger partial charge in [-0.2, -0.15) is 4.80 Å². The lowest BCUT2D eigenvalue weighted by Gasteiger charge is -2.13. The van der Waals surface area contributed by atoms with Gasteiger partial charge in [0.15, 0.2) is 12.6 Å². The van der Waals surface area contributed by atoms with E-state index in [4.69, 9.17) is 4.74 Å². The monoisotopic (exact) mass is 371 g/mol. The third-order valence-electron chi connectivity index (χ3n) is 3.46. The van der Waals surface area contributed by atoms with Gasteiger partial charge in [-0.25, -0.2) is 4.79 Å². The Labute approximate surface area is 153 Å². The fourth-order valence-corrected chi connectivity index (χ4v) is 2.75. The highest BCUT2D eigenvalue weighted by molar-refractivity contribution is 7.13. The normalized spacial score (nSPS) is 11.8. The summed E-state index contributed by atoms with van der Waals surface area (Å²) in [4.78, 5) is 26.1. The maximum Gasteiger partial charge on any atom is 0.330 e. The van der Waals surface area contributed by atoms with Gasteiger partial charge < -0.3 is 10.1 Å². The molecule has 0 aliphatic carbocycles. The number of hydrogen-bond donors (Lipinski definition) is 1. The van der Waals surface area contributed by atoms with Crippen molar-refractivity contribution >= 4 is 28.9 Å². The number of carbonyl (C=O) groups excluding carboxylic acids is 2. The molecule has 2 aromatic heterocycles. The molecular formula is C17H17N5O3S. The van der Waals surface area contributed by atoms with Crippen LogP contribution in [0.25, 0.3) is 10.7 Å². The van der Waals surface area contributed by atoms with Crippen molar-refractivity contribution in [2.75, 3.05) is 5.32 Å². The van der Waals surface area contributed by atoms with E-state index in [1.165, 1.54) is 18.3 Å². The van der Waals surface area contributed by atoms with Gasteiger partial charge in [-0.05, 0) is 42.6 Å². The summed E-state index contributed by atoms with van der Waals surface area (Å²) in [5.74, 6) is -0.585. The number of aromatic nitrogens is 4. The summed E-state index contributed by atoms with van der Waals surface area (Å²) in [5.41, 5.74) is 1.73. The molecule has 1 aromatic carbocycles. The fraction of sp³-hybridized carbons (Fsp3) is 0.235. The lowest BCUT2D eigenvalue weighted by molar-refractivity contribution is -0.154.